The highest BCUT2D eigenvalue weighted by Crippen LogP contribution is 2.47. The van der Waals surface area contributed by atoms with E-state index in [9.17, 15) is 13.2 Å². The van der Waals surface area contributed by atoms with Crippen LogP contribution in [0.25, 0.3) is 0 Å². The van der Waals surface area contributed by atoms with Crippen LogP contribution in [-0.4, -0.2) is 71.8 Å². The maximum Gasteiger partial charge on any atom is 0.264 e. The van der Waals surface area contributed by atoms with Crippen LogP contribution in [0.1, 0.15) is 49.7 Å². The molecule has 2 aliphatic heterocycles. The van der Waals surface area contributed by atoms with E-state index in [1.54, 1.807) is 25.3 Å². The van der Waals surface area contributed by atoms with E-state index in [1.807, 2.05) is 18.0 Å². The van der Waals surface area contributed by atoms with Crippen LogP contribution in [0.5, 0.6) is 5.75 Å². The van der Waals surface area contributed by atoms with Gasteiger partial charge in [-0.1, -0.05) is 29.8 Å². The molecule has 2 bridgehead atoms. The van der Waals surface area contributed by atoms with Crippen molar-refractivity contribution in [1.82, 2.24) is 9.62 Å². The summed E-state index contributed by atoms with van der Waals surface area (Å²) in [5.74, 6) is 1.08. The first-order chi connectivity index (χ1) is 21.2. The molecule has 2 saturated carbocycles. The van der Waals surface area contributed by atoms with Gasteiger partial charge in [0.25, 0.3) is 15.9 Å². The van der Waals surface area contributed by atoms with Gasteiger partial charge in [0.15, 0.2) is 0 Å². The van der Waals surface area contributed by atoms with Gasteiger partial charge in [0.1, 0.15) is 5.75 Å². The highest BCUT2D eigenvalue weighted by atomic mass is 35.5. The topological polar surface area (TPSA) is 88.2 Å². The Hall–Kier alpha value is -2.59. The molecule has 8 nitrogen and oxygen atoms in total. The number of aryl methyl sites for hydroxylation is 1. The maximum absolute atomic E-state index is 13.7. The summed E-state index contributed by atoms with van der Waals surface area (Å²) in [7, 11) is -0.439. The molecule has 5 aliphatic rings. The van der Waals surface area contributed by atoms with Crippen LogP contribution in [0.15, 0.2) is 53.4 Å². The van der Waals surface area contributed by atoms with E-state index in [0.717, 1.165) is 62.2 Å². The number of nitrogens with zero attached hydrogens (tertiary/aromatic N) is 2. The lowest BCUT2D eigenvalue weighted by molar-refractivity contribution is -0.124. The minimum atomic E-state index is -4.10. The van der Waals surface area contributed by atoms with Crippen molar-refractivity contribution in [2.75, 3.05) is 45.3 Å². The summed E-state index contributed by atoms with van der Waals surface area (Å²) in [6.07, 6.45) is 11.2. The lowest BCUT2D eigenvalue weighted by Crippen LogP contribution is -2.50. The number of halogens is 1. The molecule has 2 heterocycles. The van der Waals surface area contributed by atoms with Crippen LogP contribution in [0.3, 0.4) is 0 Å². The zero-order chi connectivity index (χ0) is 30.6. The zero-order valence-corrected chi connectivity index (χ0v) is 27.1. The van der Waals surface area contributed by atoms with Crippen LogP contribution >= 0.6 is 11.6 Å². The first-order valence-electron chi connectivity index (χ1n) is 15.9. The average molecular weight is 640 g/mol. The van der Waals surface area contributed by atoms with Crippen LogP contribution in [0.2, 0.25) is 5.02 Å². The van der Waals surface area contributed by atoms with Crippen molar-refractivity contribution >= 4 is 33.2 Å². The Morgan fingerprint density at radius 2 is 1.91 bits per heavy atom. The number of hydrogen-bond acceptors (Lipinski definition) is 7. The number of benzene rings is 2. The molecular weight excluding hydrogens is 598 g/mol. The normalized spacial score (nSPS) is 32.8. The second-order valence-corrected chi connectivity index (χ2v) is 15.7. The number of sulfonamides is 1. The summed E-state index contributed by atoms with van der Waals surface area (Å²) < 4.78 is 42.5. The van der Waals surface area contributed by atoms with Gasteiger partial charge in [-0.05, 0) is 111 Å². The highest BCUT2D eigenvalue weighted by Gasteiger charge is 2.45. The second kappa shape index (κ2) is 11.6. The predicted molar refractivity (Wildman–Crippen MR) is 171 cm³/mol. The van der Waals surface area contributed by atoms with Gasteiger partial charge >= 0.3 is 0 Å². The quantitative estimate of drug-likeness (QED) is 0.466. The van der Waals surface area contributed by atoms with E-state index in [0.29, 0.717) is 37.3 Å². The Morgan fingerprint density at radius 1 is 1.09 bits per heavy atom. The van der Waals surface area contributed by atoms with Crippen LogP contribution in [0.4, 0.5) is 5.69 Å². The standard InChI is InChI=1S/C34H42ClN3O5S/c1-37-16-4-6-30(42-2)27-12-9-24(27)19-38-20-34(15-3-5-23-17-25(35)10-13-28(23)34)21-43-31-14-11-26(18-29(31)38)44(40,41)36-33(39)32(37)22-7-8-22/h4,6,10-11,13-14,17-18,22,24,27,30,32H,3,5,7-9,12,15-16,19-21H2,1-2H3,(H,36,39)/b6-4+/t24-,27+,30+,32-,34-/m0/s1. The van der Waals surface area contributed by atoms with Gasteiger partial charge in [0.05, 0.1) is 29.3 Å². The number of carbonyl (C=O) groups is 1. The summed E-state index contributed by atoms with van der Waals surface area (Å²) in [5, 5.41) is 0.742. The van der Waals surface area contributed by atoms with Crippen molar-refractivity contribution in [3.63, 3.8) is 0 Å². The van der Waals surface area contributed by atoms with Gasteiger partial charge < -0.3 is 14.4 Å². The number of likely N-dealkylation sites (N-methyl/N-ethyl adjacent to an activating group) is 1. The van der Waals surface area contributed by atoms with Crippen molar-refractivity contribution in [3.05, 3.63) is 64.7 Å². The Bertz CT molecular complexity index is 1580. The number of hydrogen-bond donors (Lipinski definition) is 1. The lowest BCUT2D eigenvalue weighted by Gasteiger charge is -2.46. The average Bonchev–Trinajstić information content (AvgIpc) is 3.82. The van der Waals surface area contributed by atoms with E-state index < -0.39 is 22.0 Å². The van der Waals surface area contributed by atoms with E-state index in [4.69, 9.17) is 21.1 Å². The van der Waals surface area contributed by atoms with Gasteiger partial charge in [-0.15, -0.1) is 0 Å². The molecule has 1 N–H and O–H groups in total. The number of rotatable bonds is 2. The zero-order valence-electron chi connectivity index (χ0n) is 25.5. The van der Waals surface area contributed by atoms with Crippen LogP contribution in [-0.2, 0) is 31.4 Å². The largest absolute Gasteiger partial charge is 0.490 e. The Labute approximate surface area is 265 Å². The van der Waals surface area contributed by atoms with E-state index >= 15 is 0 Å². The molecular formula is C34H42ClN3O5S. The molecule has 7 rings (SSSR count). The summed E-state index contributed by atoms with van der Waals surface area (Å²) in [4.78, 5) is 17.9. The molecule has 5 atom stereocenters. The van der Waals surface area contributed by atoms with Crippen LogP contribution in [0, 0.1) is 17.8 Å². The van der Waals surface area contributed by atoms with Crippen molar-refractivity contribution in [2.45, 2.75) is 67.4 Å². The number of amides is 1. The van der Waals surface area contributed by atoms with Crippen molar-refractivity contribution in [2.24, 2.45) is 17.8 Å². The van der Waals surface area contributed by atoms with Gasteiger partial charge in [-0.25, -0.2) is 13.1 Å². The van der Waals surface area contributed by atoms with E-state index in [1.165, 1.54) is 11.1 Å². The first-order valence-corrected chi connectivity index (χ1v) is 17.8. The maximum atomic E-state index is 13.7. The summed E-state index contributed by atoms with van der Waals surface area (Å²) in [6.45, 7) is 2.51. The molecule has 2 aromatic rings. The molecule has 1 spiro atoms. The Morgan fingerprint density at radius 3 is 2.66 bits per heavy atom. The Kier molecular flexibility index (Phi) is 7.96. The number of nitrogens with one attached hydrogen (secondary N) is 1. The number of ether oxygens (including phenoxy) is 2. The SMILES string of the molecule is CO[C@@H]1/C=C/CN(C)[C@@H](C2CC2)C(=O)NS(=O)(=O)c2ccc3c(c2)N(C[C@@H]2CC[C@H]21)C[C@@]1(CCCc2cc(Cl)ccc21)CO3. The fourth-order valence-electron chi connectivity index (χ4n) is 8.11. The van der Waals surface area contributed by atoms with Crippen molar-refractivity contribution in [1.29, 1.82) is 0 Å². The lowest BCUT2D eigenvalue weighted by atomic mass is 9.68. The number of carbonyl (C=O) groups excluding carboxylic acids is 1. The molecule has 0 saturated heterocycles. The number of methoxy groups -OCH3 is 1. The third kappa shape index (κ3) is 5.54. The van der Waals surface area contributed by atoms with E-state index in [2.05, 4.69) is 33.9 Å². The highest BCUT2D eigenvalue weighted by molar-refractivity contribution is 7.90. The minimum absolute atomic E-state index is 0.0239. The molecule has 10 heteroatoms. The van der Waals surface area contributed by atoms with Crippen molar-refractivity contribution in [3.8, 4) is 5.75 Å². The predicted octanol–water partition coefficient (Wildman–Crippen LogP) is 4.94. The van der Waals surface area contributed by atoms with Crippen molar-refractivity contribution < 1.29 is 22.7 Å². The smallest absolute Gasteiger partial charge is 0.264 e. The molecule has 2 aromatic carbocycles. The third-order valence-corrected chi connectivity index (χ3v) is 12.3. The summed E-state index contributed by atoms with van der Waals surface area (Å²) in [6, 6.07) is 10.7. The number of fused-ring (bicyclic) bond motifs is 4. The van der Waals surface area contributed by atoms with Gasteiger partial charge in [0.2, 0.25) is 0 Å². The monoisotopic (exact) mass is 639 g/mol. The molecule has 44 heavy (non-hydrogen) atoms. The molecule has 1 amide bonds. The fourth-order valence-corrected chi connectivity index (χ4v) is 9.32. The second-order valence-electron chi connectivity index (χ2n) is 13.6. The summed E-state index contributed by atoms with van der Waals surface area (Å²) in [5.41, 5.74) is 3.04. The molecule has 0 unspecified atom stereocenters. The third-order valence-electron chi connectivity index (χ3n) is 10.7. The molecule has 236 valence electrons. The molecule has 3 aliphatic carbocycles. The molecule has 0 aromatic heterocycles. The van der Waals surface area contributed by atoms with Gasteiger partial charge in [-0.3, -0.25) is 9.69 Å². The summed E-state index contributed by atoms with van der Waals surface area (Å²) >= 11 is 6.42. The minimum Gasteiger partial charge on any atom is -0.490 e. The van der Waals surface area contributed by atoms with Gasteiger partial charge in [-0.2, -0.15) is 0 Å². The number of anilines is 1. The van der Waals surface area contributed by atoms with Gasteiger partial charge in [0, 0.05) is 37.2 Å². The van der Waals surface area contributed by atoms with Crippen LogP contribution < -0.4 is 14.4 Å². The Balaban J connectivity index is 1.31. The fraction of sp³-hybridized carbons (Fsp3) is 0.559. The molecule has 0 radical (unpaired) electrons. The molecule has 2 fully saturated rings. The first kappa shape index (κ1) is 30.1. The van der Waals surface area contributed by atoms with E-state index in [-0.39, 0.29) is 22.3 Å².